The Bertz CT molecular complexity index is 1490. The highest BCUT2D eigenvalue weighted by Crippen LogP contribution is 2.33. The molecule has 0 N–H and O–H groups in total. The number of hydrogen-bond donors (Lipinski definition) is 0. The summed E-state index contributed by atoms with van der Waals surface area (Å²) in [5.41, 5.74) is -1.31. The number of Topliss-reactive ketones (excluding diaryl/α,β-unsaturated/α-hetero) is 2. The summed E-state index contributed by atoms with van der Waals surface area (Å²) in [5.74, 6) is -0.956. The molecule has 0 heterocycles. The first-order valence-corrected chi connectivity index (χ1v) is 11.4. The van der Waals surface area contributed by atoms with Gasteiger partial charge in [-0.25, -0.2) is 0 Å². The van der Waals surface area contributed by atoms with Crippen molar-refractivity contribution in [1.29, 1.82) is 10.5 Å². The number of carbonyl (C=O) groups excluding carboxylic acids is 2. The predicted molar refractivity (Wildman–Crippen MR) is 136 cm³/mol. The molecule has 40 heavy (non-hydrogen) atoms. The van der Waals surface area contributed by atoms with Gasteiger partial charge >= 0.3 is 12.4 Å². The summed E-state index contributed by atoms with van der Waals surface area (Å²) in [6.45, 7) is 2.44. The smallest absolute Gasteiger partial charge is 0.294 e. The SMILES string of the molecule is CC(=O)c1cc(/C=C(\C#N)c2ccc(C(F)(F)F)cc2)c(C(C)=O)cc1/C=C(\C#N)c1ccc(C(F)(F)F)cc1. The van der Waals surface area contributed by atoms with Gasteiger partial charge in [-0.3, -0.25) is 9.59 Å². The molecule has 0 aliphatic rings. The zero-order chi connectivity index (χ0) is 29.8. The number of ketones is 2. The van der Waals surface area contributed by atoms with E-state index in [4.69, 9.17) is 0 Å². The number of alkyl halides is 6. The molecule has 0 unspecified atom stereocenters. The molecule has 0 bridgehead atoms. The van der Waals surface area contributed by atoms with Crippen molar-refractivity contribution in [3.05, 3.63) is 105 Å². The molecule has 3 aromatic carbocycles. The maximum Gasteiger partial charge on any atom is 0.416 e. The Morgan fingerprint density at radius 3 is 1.15 bits per heavy atom. The van der Waals surface area contributed by atoms with Crippen LogP contribution in [-0.4, -0.2) is 11.6 Å². The number of nitrogens with zero attached hydrogens (tertiary/aromatic N) is 2. The van der Waals surface area contributed by atoms with Gasteiger partial charge in [-0.1, -0.05) is 24.3 Å². The molecular formula is C30H18F6N2O2. The van der Waals surface area contributed by atoms with Gasteiger partial charge in [0.1, 0.15) is 0 Å². The average molecular weight is 552 g/mol. The van der Waals surface area contributed by atoms with Crippen LogP contribution in [0.5, 0.6) is 0 Å². The van der Waals surface area contributed by atoms with E-state index in [9.17, 15) is 46.5 Å². The number of allylic oxidation sites excluding steroid dienone is 2. The van der Waals surface area contributed by atoms with E-state index in [-0.39, 0.29) is 44.5 Å². The van der Waals surface area contributed by atoms with E-state index in [0.29, 0.717) is 0 Å². The number of rotatable bonds is 6. The van der Waals surface area contributed by atoms with Crippen LogP contribution >= 0.6 is 0 Å². The van der Waals surface area contributed by atoms with Crippen LogP contribution in [0.2, 0.25) is 0 Å². The van der Waals surface area contributed by atoms with Crippen LogP contribution in [0.25, 0.3) is 23.3 Å². The minimum Gasteiger partial charge on any atom is -0.294 e. The quantitative estimate of drug-likeness (QED) is 0.133. The molecular weight excluding hydrogens is 534 g/mol. The van der Waals surface area contributed by atoms with Crippen molar-refractivity contribution >= 4 is 34.9 Å². The average Bonchev–Trinajstić information content (AvgIpc) is 2.89. The van der Waals surface area contributed by atoms with Gasteiger partial charge in [0.25, 0.3) is 0 Å². The van der Waals surface area contributed by atoms with Gasteiger partial charge in [-0.15, -0.1) is 0 Å². The van der Waals surface area contributed by atoms with Crippen LogP contribution in [0.4, 0.5) is 26.3 Å². The van der Waals surface area contributed by atoms with Gasteiger partial charge in [-0.05, 0) is 84.7 Å². The zero-order valence-corrected chi connectivity index (χ0v) is 20.9. The minimum atomic E-state index is -4.57. The van der Waals surface area contributed by atoms with Crippen molar-refractivity contribution in [1.82, 2.24) is 0 Å². The number of hydrogen-bond acceptors (Lipinski definition) is 4. The third-order valence-corrected chi connectivity index (χ3v) is 5.87. The molecule has 0 saturated heterocycles. The van der Waals surface area contributed by atoms with Gasteiger partial charge in [0, 0.05) is 11.1 Å². The normalized spacial score (nSPS) is 12.4. The monoisotopic (exact) mass is 552 g/mol. The number of benzene rings is 3. The van der Waals surface area contributed by atoms with Crippen LogP contribution < -0.4 is 0 Å². The third-order valence-electron chi connectivity index (χ3n) is 5.87. The molecule has 0 atom stereocenters. The lowest BCUT2D eigenvalue weighted by molar-refractivity contribution is -0.138. The molecule has 0 saturated carbocycles. The van der Waals surface area contributed by atoms with Gasteiger partial charge in [0.2, 0.25) is 0 Å². The minimum absolute atomic E-state index is 0.0422. The molecule has 202 valence electrons. The van der Waals surface area contributed by atoms with Crippen molar-refractivity contribution in [3.63, 3.8) is 0 Å². The number of carbonyl (C=O) groups is 2. The molecule has 0 amide bonds. The summed E-state index contributed by atoms with van der Waals surface area (Å²) in [5, 5.41) is 19.3. The molecule has 0 aromatic heterocycles. The Morgan fingerprint density at radius 2 is 0.925 bits per heavy atom. The Labute approximate surface area is 225 Å². The predicted octanol–water partition coefficient (Wildman–Crippen LogP) is 8.26. The van der Waals surface area contributed by atoms with Crippen molar-refractivity contribution in [2.24, 2.45) is 0 Å². The highest BCUT2D eigenvalue weighted by atomic mass is 19.4. The second kappa shape index (κ2) is 11.4. The fraction of sp³-hybridized carbons (Fsp3) is 0.133. The lowest BCUT2D eigenvalue weighted by atomic mass is 9.91. The summed E-state index contributed by atoms with van der Waals surface area (Å²) >= 11 is 0. The van der Waals surface area contributed by atoms with E-state index in [1.165, 1.54) is 38.1 Å². The lowest BCUT2D eigenvalue weighted by Crippen LogP contribution is -2.05. The van der Waals surface area contributed by atoms with Crippen molar-refractivity contribution in [3.8, 4) is 12.1 Å². The van der Waals surface area contributed by atoms with Crippen LogP contribution in [0.3, 0.4) is 0 Å². The lowest BCUT2D eigenvalue weighted by Gasteiger charge is -2.12. The molecule has 0 fully saturated rings. The second-order valence-electron chi connectivity index (χ2n) is 8.63. The Morgan fingerprint density at radius 1 is 0.625 bits per heavy atom. The molecule has 10 heteroatoms. The van der Waals surface area contributed by atoms with E-state index in [0.717, 1.165) is 48.5 Å². The summed E-state index contributed by atoms with van der Waals surface area (Å²) in [6, 6.07) is 14.1. The van der Waals surface area contributed by atoms with E-state index in [1.54, 1.807) is 0 Å². The highest BCUT2D eigenvalue weighted by molar-refractivity contribution is 6.07. The second-order valence-corrected chi connectivity index (χ2v) is 8.63. The largest absolute Gasteiger partial charge is 0.416 e. The number of halogens is 6. The molecule has 3 rings (SSSR count). The first-order valence-electron chi connectivity index (χ1n) is 11.4. The Hall–Kier alpha value is -4.96. The summed E-state index contributed by atoms with van der Waals surface area (Å²) in [6.07, 6.45) is -6.61. The van der Waals surface area contributed by atoms with E-state index in [2.05, 4.69) is 0 Å². The van der Waals surface area contributed by atoms with E-state index < -0.39 is 35.0 Å². The fourth-order valence-corrected chi connectivity index (χ4v) is 3.83. The molecule has 3 aromatic rings. The van der Waals surface area contributed by atoms with Crippen LogP contribution in [0.1, 0.15) is 67.9 Å². The van der Waals surface area contributed by atoms with Crippen molar-refractivity contribution in [2.75, 3.05) is 0 Å². The Kier molecular flexibility index (Phi) is 8.45. The first kappa shape index (κ1) is 29.6. The molecule has 0 radical (unpaired) electrons. The van der Waals surface area contributed by atoms with Crippen LogP contribution in [0.15, 0.2) is 60.7 Å². The fourth-order valence-electron chi connectivity index (χ4n) is 3.83. The maximum absolute atomic E-state index is 12.9. The van der Waals surface area contributed by atoms with Gasteiger partial charge < -0.3 is 0 Å². The van der Waals surface area contributed by atoms with Gasteiger partial charge in [-0.2, -0.15) is 36.9 Å². The summed E-state index contributed by atoms with van der Waals surface area (Å²) < 4.78 is 77.5. The van der Waals surface area contributed by atoms with Crippen molar-refractivity contribution in [2.45, 2.75) is 26.2 Å². The molecule has 0 aliphatic heterocycles. The summed E-state index contributed by atoms with van der Waals surface area (Å²) in [4.78, 5) is 25.0. The Balaban J connectivity index is 2.16. The molecule has 0 aliphatic carbocycles. The molecule has 4 nitrogen and oxygen atoms in total. The maximum atomic E-state index is 12.9. The topological polar surface area (TPSA) is 81.7 Å². The highest BCUT2D eigenvalue weighted by Gasteiger charge is 2.31. The standard InChI is InChI=1S/C30H18F6N2O2/c1-17(39)27-13-22(12-24(16-38)20-5-9-26(10-6-20)30(34,35)36)28(18(2)40)14-21(27)11-23(15-37)19-3-7-25(8-4-19)29(31,32)33/h3-14H,1-2H3/b23-11+,24-12+. The van der Waals surface area contributed by atoms with E-state index >= 15 is 0 Å². The molecule has 0 spiro atoms. The third kappa shape index (κ3) is 6.72. The first-order chi connectivity index (χ1) is 18.6. The van der Waals surface area contributed by atoms with Crippen LogP contribution in [0, 0.1) is 22.7 Å². The van der Waals surface area contributed by atoms with Crippen LogP contribution in [-0.2, 0) is 12.4 Å². The number of nitriles is 2. The zero-order valence-electron chi connectivity index (χ0n) is 20.9. The summed E-state index contributed by atoms with van der Waals surface area (Å²) in [7, 11) is 0. The van der Waals surface area contributed by atoms with Gasteiger partial charge in [0.05, 0.1) is 34.4 Å². The van der Waals surface area contributed by atoms with Gasteiger partial charge in [0.15, 0.2) is 11.6 Å². The van der Waals surface area contributed by atoms with Crippen molar-refractivity contribution < 1.29 is 35.9 Å². The van der Waals surface area contributed by atoms with E-state index in [1.807, 2.05) is 12.1 Å².